The van der Waals surface area contributed by atoms with Crippen molar-refractivity contribution in [1.29, 1.82) is 0 Å². The molecule has 0 radical (unpaired) electrons. The molecule has 0 spiro atoms. The maximum atomic E-state index is 5.83. The Morgan fingerprint density at radius 1 is 1.04 bits per heavy atom. The molecular weight excluding hydrogens is 286 g/mol. The van der Waals surface area contributed by atoms with Gasteiger partial charge in [0.15, 0.2) is 11.5 Å². The van der Waals surface area contributed by atoms with Crippen molar-refractivity contribution in [2.24, 2.45) is 0 Å². The van der Waals surface area contributed by atoms with Crippen molar-refractivity contribution in [1.82, 2.24) is 5.32 Å². The summed E-state index contributed by atoms with van der Waals surface area (Å²) >= 11 is 0. The molecule has 0 saturated carbocycles. The molecule has 126 valence electrons. The molecule has 0 fully saturated rings. The summed E-state index contributed by atoms with van der Waals surface area (Å²) in [4.78, 5) is 0. The van der Waals surface area contributed by atoms with Gasteiger partial charge in [-0.1, -0.05) is 11.6 Å². The third-order valence-electron chi connectivity index (χ3n) is 4.82. The Morgan fingerprint density at radius 2 is 1.83 bits per heavy atom. The molecule has 0 aromatic heterocycles. The molecule has 3 nitrogen and oxygen atoms in total. The molecule has 0 bridgehead atoms. The Balaban J connectivity index is 1.87. The molecule has 1 heterocycles. The van der Waals surface area contributed by atoms with E-state index in [-0.39, 0.29) is 0 Å². The average molecular weight is 315 g/mol. The third kappa shape index (κ3) is 3.89. The van der Waals surface area contributed by atoms with Crippen LogP contribution < -0.4 is 14.8 Å². The second kappa shape index (κ2) is 7.87. The van der Waals surface area contributed by atoms with E-state index in [0.717, 1.165) is 30.9 Å². The van der Waals surface area contributed by atoms with Gasteiger partial charge in [0.1, 0.15) is 0 Å². The summed E-state index contributed by atoms with van der Waals surface area (Å²) < 4.78 is 11.6. The highest BCUT2D eigenvalue weighted by molar-refractivity contribution is 5.49. The van der Waals surface area contributed by atoms with E-state index in [4.69, 9.17) is 9.47 Å². The van der Waals surface area contributed by atoms with E-state index in [9.17, 15) is 0 Å². The number of hydrogen-bond acceptors (Lipinski definition) is 3. The van der Waals surface area contributed by atoms with Crippen LogP contribution >= 0.6 is 0 Å². The predicted molar refractivity (Wildman–Crippen MR) is 94.4 cm³/mol. The van der Waals surface area contributed by atoms with Gasteiger partial charge in [-0.2, -0.15) is 0 Å². The molecule has 1 aliphatic carbocycles. The summed E-state index contributed by atoms with van der Waals surface area (Å²) in [5.41, 5.74) is 4.43. The zero-order valence-corrected chi connectivity index (χ0v) is 14.5. The summed E-state index contributed by atoms with van der Waals surface area (Å²) in [5, 5.41) is 3.71. The van der Waals surface area contributed by atoms with Crippen molar-refractivity contribution in [2.45, 2.75) is 58.4 Å². The fraction of sp³-hybridized carbons (Fsp3) is 0.600. The summed E-state index contributed by atoms with van der Waals surface area (Å²) in [6.45, 7) is 6.44. The van der Waals surface area contributed by atoms with Gasteiger partial charge < -0.3 is 14.8 Å². The lowest BCUT2D eigenvalue weighted by Crippen LogP contribution is -2.30. The van der Waals surface area contributed by atoms with Gasteiger partial charge in [-0.15, -0.1) is 0 Å². The second-order valence-electron chi connectivity index (χ2n) is 6.43. The van der Waals surface area contributed by atoms with Crippen molar-refractivity contribution in [3.8, 4) is 11.5 Å². The first-order valence-corrected chi connectivity index (χ1v) is 9.15. The number of nitrogens with one attached hydrogen (secondary N) is 1. The molecule has 1 aromatic carbocycles. The van der Waals surface area contributed by atoms with Gasteiger partial charge >= 0.3 is 0 Å². The molecule has 3 heteroatoms. The Bertz CT molecular complexity index is 565. The van der Waals surface area contributed by atoms with E-state index in [1.807, 2.05) is 13.8 Å². The summed E-state index contributed by atoms with van der Waals surface area (Å²) in [6.07, 6.45) is 9.87. The van der Waals surface area contributed by atoms with Gasteiger partial charge in [-0.3, -0.25) is 0 Å². The molecule has 1 aromatic rings. The van der Waals surface area contributed by atoms with Crippen molar-refractivity contribution >= 4 is 0 Å². The Morgan fingerprint density at radius 3 is 2.52 bits per heavy atom. The number of rotatable bonds is 6. The van der Waals surface area contributed by atoms with E-state index in [0.29, 0.717) is 19.3 Å². The molecule has 0 amide bonds. The van der Waals surface area contributed by atoms with Crippen molar-refractivity contribution in [2.75, 3.05) is 19.8 Å². The first-order valence-electron chi connectivity index (χ1n) is 9.15. The topological polar surface area (TPSA) is 30.5 Å². The molecule has 1 N–H and O–H groups in total. The highest BCUT2D eigenvalue weighted by Crippen LogP contribution is 2.38. The van der Waals surface area contributed by atoms with Crippen molar-refractivity contribution < 1.29 is 9.47 Å². The van der Waals surface area contributed by atoms with E-state index in [1.165, 1.54) is 36.8 Å². The molecular formula is C20H29NO2. The molecule has 1 aliphatic heterocycles. The van der Waals surface area contributed by atoms with Gasteiger partial charge in [0.05, 0.1) is 13.2 Å². The van der Waals surface area contributed by atoms with Gasteiger partial charge in [0.2, 0.25) is 0 Å². The van der Waals surface area contributed by atoms with Crippen LogP contribution in [0.2, 0.25) is 0 Å². The van der Waals surface area contributed by atoms with Gasteiger partial charge in [-0.05, 0) is 82.2 Å². The summed E-state index contributed by atoms with van der Waals surface area (Å²) in [6, 6.07) is 4.83. The van der Waals surface area contributed by atoms with Crippen LogP contribution in [0.15, 0.2) is 23.8 Å². The summed E-state index contributed by atoms with van der Waals surface area (Å²) in [7, 11) is 0. The van der Waals surface area contributed by atoms with Crippen molar-refractivity contribution in [3.05, 3.63) is 34.9 Å². The largest absolute Gasteiger partial charge is 0.490 e. The van der Waals surface area contributed by atoms with Crippen LogP contribution in [0, 0.1) is 0 Å². The van der Waals surface area contributed by atoms with Crippen LogP contribution in [0.1, 0.15) is 63.1 Å². The van der Waals surface area contributed by atoms with Crippen LogP contribution in [0.25, 0.3) is 0 Å². The normalized spacial score (nSPS) is 20.6. The quantitative estimate of drug-likeness (QED) is 0.781. The Hall–Kier alpha value is -1.48. The average Bonchev–Trinajstić information content (AvgIpc) is 2.57. The predicted octanol–water partition coefficient (Wildman–Crippen LogP) is 4.56. The third-order valence-corrected chi connectivity index (χ3v) is 4.82. The lowest BCUT2D eigenvalue weighted by Gasteiger charge is -2.30. The number of ether oxygens (including phenoxy) is 2. The number of hydrogen-bond donors (Lipinski definition) is 1. The highest BCUT2D eigenvalue weighted by Gasteiger charge is 2.24. The van der Waals surface area contributed by atoms with Gasteiger partial charge in [0.25, 0.3) is 0 Å². The lowest BCUT2D eigenvalue weighted by atomic mass is 9.87. The second-order valence-corrected chi connectivity index (χ2v) is 6.43. The number of benzene rings is 1. The number of fused-ring (bicyclic) bond motifs is 1. The fourth-order valence-corrected chi connectivity index (χ4v) is 3.72. The maximum Gasteiger partial charge on any atom is 0.161 e. The molecule has 1 unspecified atom stereocenters. The zero-order chi connectivity index (χ0) is 16.1. The SMILES string of the molecule is CCOc1cc2c(cc1OCC)C(CC1=CCCCC1)NCC2. The van der Waals surface area contributed by atoms with E-state index in [2.05, 4.69) is 23.5 Å². The maximum absolute atomic E-state index is 5.83. The zero-order valence-electron chi connectivity index (χ0n) is 14.5. The van der Waals surface area contributed by atoms with Crippen LogP contribution in [-0.4, -0.2) is 19.8 Å². The van der Waals surface area contributed by atoms with Crippen LogP contribution in [0.3, 0.4) is 0 Å². The minimum Gasteiger partial charge on any atom is -0.490 e. The van der Waals surface area contributed by atoms with E-state index >= 15 is 0 Å². The standard InChI is InChI=1S/C20H29NO2/c1-3-22-19-13-16-10-11-21-18(12-15-8-6-5-7-9-15)17(16)14-20(19)23-4-2/h8,13-14,18,21H,3-7,9-12H2,1-2H3. The monoisotopic (exact) mass is 315 g/mol. The van der Waals surface area contributed by atoms with Crippen LogP contribution in [-0.2, 0) is 6.42 Å². The molecule has 3 rings (SSSR count). The smallest absolute Gasteiger partial charge is 0.161 e. The van der Waals surface area contributed by atoms with E-state index < -0.39 is 0 Å². The fourth-order valence-electron chi connectivity index (χ4n) is 3.72. The van der Waals surface area contributed by atoms with E-state index in [1.54, 1.807) is 5.57 Å². The van der Waals surface area contributed by atoms with Crippen LogP contribution in [0.5, 0.6) is 11.5 Å². The minimum atomic E-state index is 0.415. The first kappa shape index (κ1) is 16.4. The van der Waals surface area contributed by atoms with Crippen LogP contribution in [0.4, 0.5) is 0 Å². The number of allylic oxidation sites excluding steroid dienone is 1. The molecule has 0 saturated heterocycles. The van der Waals surface area contributed by atoms with Gasteiger partial charge in [0, 0.05) is 6.04 Å². The molecule has 2 aliphatic rings. The molecule has 1 atom stereocenters. The summed E-state index contributed by atoms with van der Waals surface area (Å²) in [5.74, 6) is 1.78. The Labute approximate surface area is 140 Å². The van der Waals surface area contributed by atoms with Crippen molar-refractivity contribution in [3.63, 3.8) is 0 Å². The Kier molecular flexibility index (Phi) is 5.60. The minimum absolute atomic E-state index is 0.415. The lowest BCUT2D eigenvalue weighted by molar-refractivity contribution is 0.286. The highest BCUT2D eigenvalue weighted by atomic mass is 16.5. The van der Waals surface area contributed by atoms with Gasteiger partial charge in [-0.25, -0.2) is 0 Å². The molecule has 23 heavy (non-hydrogen) atoms. The first-order chi connectivity index (χ1) is 11.3.